The summed E-state index contributed by atoms with van der Waals surface area (Å²) in [5.74, 6) is 0.584. The molecule has 2 atom stereocenters. The van der Waals surface area contributed by atoms with E-state index in [-0.39, 0.29) is 5.41 Å². The van der Waals surface area contributed by atoms with Gasteiger partial charge in [-0.05, 0) is 58.4 Å². The molecule has 4 aromatic carbocycles. The molecule has 2 N–H and O–H groups in total. The lowest BCUT2D eigenvalue weighted by Crippen LogP contribution is -2.31. The molecule has 0 fully saturated rings. The first kappa shape index (κ1) is 27.6. The minimum Gasteiger partial charge on any atom is -0.355 e. The van der Waals surface area contributed by atoms with Crippen molar-refractivity contribution in [1.29, 1.82) is 0 Å². The van der Waals surface area contributed by atoms with Crippen LogP contribution in [0.15, 0.2) is 121 Å². The maximum Gasteiger partial charge on any atom is 0.0478 e. The highest BCUT2D eigenvalue weighted by Crippen LogP contribution is 2.39. The number of rotatable bonds is 8. The van der Waals surface area contributed by atoms with Crippen LogP contribution in [-0.4, -0.2) is 6.54 Å². The lowest BCUT2D eigenvalue weighted by atomic mass is 9.83. The highest BCUT2D eigenvalue weighted by Gasteiger charge is 2.23. The molecule has 0 radical (unpaired) electrons. The molecule has 0 aliphatic heterocycles. The summed E-state index contributed by atoms with van der Waals surface area (Å²) in [5, 5.41) is 10.3. The lowest BCUT2D eigenvalue weighted by Gasteiger charge is -2.29. The Labute approximate surface area is 258 Å². The number of benzene rings is 4. The molecule has 5 aromatic rings. The Hall–Kier alpha value is -4.18. The molecule has 0 bridgehead atoms. The van der Waals surface area contributed by atoms with Gasteiger partial charge in [-0.25, -0.2) is 0 Å². The van der Waals surface area contributed by atoms with E-state index < -0.39 is 0 Å². The van der Waals surface area contributed by atoms with E-state index in [1.54, 1.807) is 0 Å². The highest BCUT2D eigenvalue weighted by molar-refractivity contribution is 7.17. The molecule has 2 nitrogen and oxygen atoms in total. The van der Waals surface area contributed by atoms with Gasteiger partial charge in [-0.15, -0.1) is 11.3 Å². The maximum absolute atomic E-state index is 3.84. The minimum absolute atomic E-state index is 0.0924. The first-order valence-electron chi connectivity index (χ1n) is 15.4. The molecule has 2 aliphatic carbocycles. The molecule has 43 heavy (non-hydrogen) atoms. The van der Waals surface area contributed by atoms with Gasteiger partial charge in [0.25, 0.3) is 0 Å². The van der Waals surface area contributed by atoms with Crippen LogP contribution in [-0.2, 0) is 6.54 Å². The van der Waals surface area contributed by atoms with Crippen molar-refractivity contribution in [3.05, 3.63) is 136 Å². The Balaban J connectivity index is 1.19. The van der Waals surface area contributed by atoms with Crippen LogP contribution in [0.5, 0.6) is 0 Å². The average molecular weight is 579 g/mol. The maximum atomic E-state index is 3.84. The Bertz CT molecular complexity index is 1930. The van der Waals surface area contributed by atoms with Gasteiger partial charge in [0.05, 0.1) is 0 Å². The molecule has 214 valence electrons. The van der Waals surface area contributed by atoms with E-state index in [1.807, 2.05) is 11.3 Å². The molecule has 3 heteroatoms. The standard InChI is InChI=1S/C40H38N2S/c1-28-13-18-34-35-19-20-36(42-33-21-23-40(2,24-22-33)27-41-26-29-9-5-3-6-10-29)38(39(35)43-37(34)25-28)32-16-14-31(15-17-32)30-11-7-4-8-12-30/h3-12,14-23,25,28,41-42H,13,24,26-27H2,1-2H3. The van der Waals surface area contributed by atoms with Gasteiger partial charge in [0.2, 0.25) is 0 Å². The van der Waals surface area contributed by atoms with E-state index in [0.29, 0.717) is 5.92 Å². The van der Waals surface area contributed by atoms with Gasteiger partial charge < -0.3 is 10.6 Å². The zero-order valence-electron chi connectivity index (χ0n) is 24.9. The van der Waals surface area contributed by atoms with Crippen molar-refractivity contribution in [2.24, 2.45) is 11.3 Å². The highest BCUT2D eigenvalue weighted by atomic mass is 32.1. The quantitative estimate of drug-likeness (QED) is 0.192. The normalized spacial score (nSPS) is 19.3. The van der Waals surface area contributed by atoms with Crippen LogP contribution < -0.4 is 20.4 Å². The average Bonchev–Trinajstić information content (AvgIpc) is 3.41. The fraction of sp³-hybridized carbons (Fsp3) is 0.200. The molecular weight excluding hydrogens is 541 g/mol. The topological polar surface area (TPSA) is 24.1 Å². The molecule has 0 spiro atoms. The summed E-state index contributed by atoms with van der Waals surface area (Å²) in [6.45, 7) is 6.49. The monoisotopic (exact) mass is 578 g/mol. The van der Waals surface area contributed by atoms with Crippen LogP contribution >= 0.6 is 11.3 Å². The third-order valence-electron chi connectivity index (χ3n) is 8.77. The van der Waals surface area contributed by atoms with Crippen LogP contribution in [0.3, 0.4) is 0 Å². The van der Waals surface area contributed by atoms with Gasteiger partial charge in [0.1, 0.15) is 0 Å². The Morgan fingerprint density at radius 1 is 0.814 bits per heavy atom. The van der Waals surface area contributed by atoms with E-state index in [0.717, 1.165) is 37.3 Å². The van der Waals surface area contributed by atoms with Crippen molar-refractivity contribution in [3.63, 3.8) is 0 Å². The molecule has 0 saturated carbocycles. The molecule has 0 amide bonds. The van der Waals surface area contributed by atoms with Gasteiger partial charge in [0, 0.05) is 50.1 Å². The summed E-state index contributed by atoms with van der Waals surface area (Å²) < 4.78 is 2.77. The number of fused-ring (bicyclic) bond motifs is 3. The third-order valence-corrected chi connectivity index (χ3v) is 9.97. The van der Waals surface area contributed by atoms with Gasteiger partial charge in [0.15, 0.2) is 0 Å². The molecule has 1 aromatic heterocycles. The largest absolute Gasteiger partial charge is 0.355 e. The minimum atomic E-state index is 0.0924. The molecule has 2 aliphatic rings. The van der Waals surface area contributed by atoms with E-state index in [2.05, 4.69) is 152 Å². The number of thiophene rings is 1. The second-order valence-corrected chi connectivity index (χ2v) is 13.4. The van der Waals surface area contributed by atoms with Crippen molar-refractivity contribution in [1.82, 2.24) is 5.32 Å². The van der Waals surface area contributed by atoms with Gasteiger partial charge in [-0.1, -0.05) is 129 Å². The zero-order valence-corrected chi connectivity index (χ0v) is 25.8. The van der Waals surface area contributed by atoms with Gasteiger partial charge >= 0.3 is 0 Å². The molecular formula is C40H38N2S. The van der Waals surface area contributed by atoms with Crippen molar-refractivity contribution >= 4 is 39.3 Å². The number of allylic oxidation sites excluding steroid dienone is 2. The van der Waals surface area contributed by atoms with Crippen molar-refractivity contribution in [2.45, 2.75) is 33.2 Å². The molecule has 2 unspecified atom stereocenters. The van der Waals surface area contributed by atoms with Crippen LogP contribution in [0.1, 0.15) is 32.3 Å². The number of nitrogens with one attached hydrogen (secondary N) is 2. The Kier molecular flexibility index (Phi) is 7.61. The summed E-state index contributed by atoms with van der Waals surface area (Å²) in [5.41, 5.74) is 8.76. The summed E-state index contributed by atoms with van der Waals surface area (Å²) >= 11 is 1.94. The first-order valence-corrected chi connectivity index (χ1v) is 16.2. The summed E-state index contributed by atoms with van der Waals surface area (Å²) in [6.07, 6.45) is 14.0. The predicted molar refractivity (Wildman–Crippen MR) is 186 cm³/mol. The molecule has 0 saturated heterocycles. The van der Waals surface area contributed by atoms with Crippen molar-refractivity contribution in [2.75, 3.05) is 11.9 Å². The Morgan fingerprint density at radius 2 is 1.53 bits per heavy atom. The van der Waals surface area contributed by atoms with Crippen LogP contribution in [0.2, 0.25) is 0 Å². The van der Waals surface area contributed by atoms with E-state index in [1.165, 1.54) is 47.7 Å². The van der Waals surface area contributed by atoms with Crippen LogP contribution in [0.4, 0.5) is 5.69 Å². The fourth-order valence-electron chi connectivity index (χ4n) is 6.25. The number of hydrogen-bond acceptors (Lipinski definition) is 3. The molecule has 1 heterocycles. The van der Waals surface area contributed by atoms with E-state index in [4.69, 9.17) is 0 Å². The SMILES string of the molecule is CC1C=c2sc3c(-c4ccc(-c5ccccc5)cc4)c(NC4=CCC(C)(CNCc5ccccc5)C=C4)ccc3c2=CC1. The summed E-state index contributed by atoms with van der Waals surface area (Å²) in [6, 6.07) is 35.0. The fourth-order valence-corrected chi connectivity index (χ4v) is 7.69. The smallest absolute Gasteiger partial charge is 0.0478 e. The van der Waals surface area contributed by atoms with Crippen molar-refractivity contribution in [3.8, 4) is 22.3 Å². The third kappa shape index (κ3) is 5.88. The van der Waals surface area contributed by atoms with Crippen LogP contribution in [0, 0.1) is 11.3 Å². The van der Waals surface area contributed by atoms with Gasteiger partial charge in [-0.3, -0.25) is 0 Å². The number of anilines is 1. The summed E-state index contributed by atoms with van der Waals surface area (Å²) in [7, 11) is 0. The number of hydrogen-bond donors (Lipinski definition) is 2. The van der Waals surface area contributed by atoms with E-state index in [9.17, 15) is 0 Å². The van der Waals surface area contributed by atoms with Crippen LogP contribution in [0.25, 0.3) is 44.5 Å². The predicted octanol–water partition coefficient (Wildman–Crippen LogP) is 8.89. The van der Waals surface area contributed by atoms with Gasteiger partial charge in [-0.2, -0.15) is 0 Å². The van der Waals surface area contributed by atoms with E-state index >= 15 is 0 Å². The first-order chi connectivity index (χ1) is 21.0. The lowest BCUT2D eigenvalue weighted by molar-refractivity contribution is 0.392. The molecule has 7 rings (SSSR count). The second kappa shape index (κ2) is 11.8. The zero-order chi connectivity index (χ0) is 29.2. The Morgan fingerprint density at radius 3 is 2.28 bits per heavy atom. The van der Waals surface area contributed by atoms with Crippen molar-refractivity contribution < 1.29 is 0 Å². The second-order valence-electron chi connectivity index (χ2n) is 12.3. The summed E-state index contributed by atoms with van der Waals surface area (Å²) in [4.78, 5) is 0.